The minimum Gasteiger partial charge on any atom is -0.383 e. The predicted molar refractivity (Wildman–Crippen MR) is 61.9 cm³/mol. The molecule has 0 heterocycles. The van der Waals surface area contributed by atoms with Crippen LogP contribution < -0.4 is 10.6 Å². The number of hydrogen-bond donors (Lipinski definition) is 2. The van der Waals surface area contributed by atoms with Gasteiger partial charge in [0.05, 0.1) is 6.61 Å². The summed E-state index contributed by atoms with van der Waals surface area (Å²) in [5, 5.41) is 6.14. The van der Waals surface area contributed by atoms with Gasteiger partial charge in [-0.1, -0.05) is 13.8 Å². The van der Waals surface area contributed by atoms with Crippen LogP contribution in [-0.4, -0.2) is 38.8 Å². The van der Waals surface area contributed by atoms with E-state index < -0.39 is 0 Å². The van der Waals surface area contributed by atoms with E-state index in [0.29, 0.717) is 25.6 Å². The third-order valence-electron chi connectivity index (χ3n) is 2.40. The van der Waals surface area contributed by atoms with Crippen LogP contribution in [-0.2, 0) is 9.53 Å². The van der Waals surface area contributed by atoms with E-state index >= 15 is 0 Å². The van der Waals surface area contributed by atoms with Gasteiger partial charge in [-0.25, -0.2) is 0 Å². The molecule has 0 aromatic heterocycles. The van der Waals surface area contributed by atoms with Crippen molar-refractivity contribution in [3.8, 4) is 0 Å². The van der Waals surface area contributed by atoms with Gasteiger partial charge >= 0.3 is 0 Å². The summed E-state index contributed by atoms with van der Waals surface area (Å²) in [6, 6.07) is 0.539. The second-order valence-corrected chi connectivity index (χ2v) is 3.56. The lowest BCUT2D eigenvalue weighted by Gasteiger charge is -2.14. The fourth-order valence-corrected chi connectivity index (χ4v) is 1.35. The molecule has 4 heteroatoms. The van der Waals surface area contributed by atoms with Gasteiger partial charge in [0, 0.05) is 32.7 Å². The van der Waals surface area contributed by atoms with E-state index in [1.807, 2.05) is 0 Å². The van der Waals surface area contributed by atoms with Crippen molar-refractivity contribution in [1.29, 1.82) is 0 Å². The summed E-state index contributed by atoms with van der Waals surface area (Å²) in [6.07, 6.45) is 2.77. The summed E-state index contributed by atoms with van der Waals surface area (Å²) >= 11 is 0. The summed E-state index contributed by atoms with van der Waals surface area (Å²) in [5.41, 5.74) is 0. The molecule has 0 fully saturated rings. The highest BCUT2D eigenvalue weighted by Gasteiger charge is 2.04. The van der Waals surface area contributed by atoms with Crippen LogP contribution in [0.1, 0.15) is 33.1 Å². The second-order valence-electron chi connectivity index (χ2n) is 3.56. The summed E-state index contributed by atoms with van der Waals surface area (Å²) < 4.78 is 4.84. The zero-order valence-electron chi connectivity index (χ0n) is 10.1. The molecule has 0 aromatic rings. The van der Waals surface area contributed by atoms with Crippen molar-refractivity contribution in [1.82, 2.24) is 10.6 Å². The number of hydrogen-bond acceptors (Lipinski definition) is 3. The Morgan fingerprint density at radius 3 is 2.47 bits per heavy atom. The fraction of sp³-hybridized carbons (Fsp3) is 0.909. The van der Waals surface area contributed by atoms with Crippen LogP contribution in [0.2, 0.25) is 0 Å². The molecule has 0 atom stereocenters. The molecule has 2 N–H and O–H groups in total. The maximum Gasteiger partial charge on any atom is 0.221 e. The van der Waals surface area contributed by atoms with Crippen molar-refractivity contribution in [2.45, 2.75) is 39.2 Å². The largest absolute Gasteiger partial charge is 0.383 e. The lowest BCUT2D eigenvalue weighted by Crippen LogP contribution is -2.33. The van der Waals surface area contributed by atoms with Crippen LogP contribution in [0.15, 0.2) is 0 Å². The van der Waals surface area contributed by atoms with Gasteiger partial charge in [0.2, 0.25) is 5.91 Å². The molecule has 0 saturated carbocycles. The second kappa shape index (κ2) is 9.93. The van der Waals surface area contributed by atoms with Gasteiger partial charge in [-0.3, -0.25) is 4.79 Å². The Labute approximate surface area is 92.8 Å². The van der Waals surface area contributed by atoms with Crippen LogP contribution in [0, 0.1) is 0 Å². The Morgan fingerprint density at radius 2 is 1.93 bits per heavy atom. The van der Waals surface area contributed by atoms with Gasteiger partial charge in [0.15, 0.2) is 0 Å². The first-order chi connectivity index (χ1) is 7.24. The average molecular weight is 216 g/mol. The fourth-order valence-electron chi connectivity index (χ4n) is 1.35. The number of ether oxygens (including phenoxy) is 1. The van der Waals surface area contributed by atoms with E-state index in [9.17, 15) is 4.79 Å². The van der Waals surface area contributed by atoms with Gasteiger partial charge in [-0.2, -0.15) is 0 Å². The molecule has 0 bridgehead atoms. The number of carbonyl (C=O) groups is 1. The summed E-state index contributed by atoms with van der Waals surface area (Å²) in [4.78, 5) is 11.3. The lowest BCUT2D eigenvalue weighted by molar-refractivity contribution is -0.121. The quantitative estimate of drug-likeness (QED) is 0.563. The van der Waals surface area contributed by atoms with E-state index in [2.05, 4.69) is 24.5 Å². The number of carbonyl (C=O) groups excluding carboxylic acids is 1. The first kappa shape index (κ1) is 14.4. The topological polar surface area (TPSA) is 50.4 Å². The highest BCUT2D eigenvalue weighted by atomic mass is 16.5. The zero-order chi connectivity index (χ0) is 11.5. The molecule has 1 amide bonds. The van der Waals surface area contributed by atoms with Gasteiger partial charge < -0.3 is 15.4 Å². The summed E-state index contributed by atoms with van der Waals surface area (Å²) in [7, 11) is 1.63. The number of nitrogens with one attached hydrogen (secondary N) is 2. The van der Waals surface area contributed by atoms with Crippen molar-refractivity contribution < 1.29 is 9.53 Å². The molecule has 0 spiro atoms. The van der Waals surface area contributed by atoms with Crippen molar-refractivity contribution in [2.24, 2.45) is 0 Å². The van der Waals surface area contributed by atoms with Crippen LogP contribution >= 0.6 is 0 Å². The normalized spacial score (nSPS) is 10.7. The van der Waals surface area contributed by atoms with Crippen molar-refractivity contribution >= 4 is 5.91 Å². The Hall–Kier alpha value is -0.610. The standard InChI is InChI=1S/C11H24N2O2/c1-4-10(5-2)12-7-6-11(14)13-8-9-15-3/h10,12H,4-9H2,1-3H3,(H,13,14). The van der Waals surface area contributed by atoms with Crippen LogP contribution in [0.3, 0.4) is 0 Å². The van der Waals surface area contributed by atoms with Crippen molar-refractivity contribution in [2.75, 3.05) is 26.8 Å². The first-order valence-electron chi connectivity index (χ1n) is 5.73. The molecular weight excluding hydrogens is 192 g/mol. The highest BCUT2D eigenvalue weighted by Crippen LogP contribution is 1.95. The third kappa shape index (κ3) is 8.39. The average Bonchev–Trinajstić information content (AvgIpc) is 2.25. The summed E-state index contributed by atoms with van der Waals surface area (Å²) in [6.45, 7) is 6.23. The highest BCUT2D eigenvalue weighted by molar-refractivity contribution is 5.76. The SMILES string of the molecule is CCC(CC)NCCC(=O)NCCOC. The smallest absolute Gasteiger partial charge is 0.221 e. The van der Waals surface area contributed by atoms with E-state index in [4.69, 9.17) is 4.74 Å². The molecule has 0 aliphatic rings. The van der Waals surface area contributed by atoms with Crippen molar-refractivity contribution in [3.63, 3.8) is 0 Å². The third-order valence-corrected chi connectivity index (χ3v) is 2.40. The molecule has 0 saturated heterocycles. The van der Waals surface area contributed by atoms with E-state index in [1.54, 1.807) is 7.11 Å². The molecule has 0 aromatic carbocycles. The molecule has 0 rings (SSSR count). The van der Waals surface area contributed by atoms with E-state index in [1.165, 1.54) is 0 Å². The van der Waals surface area contributed by atoms with Crippen molar-refractivity contribution in [3.05, 3.63) is 0 Å². The van der Waals surface area contributed by atoms with Gasteiger partial charge in [-0.05, 0) is 12.8 Å². The number of amides is 1. The Morgan fingerprint density at radius 1 is 1.27 bits per heavy atom. The predicted octanol–water partition coefficient (Wildman–Crippen LogP) is 0.917. The maximum absolute atomic E-state index is 11.3. The minimum atomic E-state index is 0.0884. The van der Waals surface area contributed by atoms with Gasteiger partial charge in [-0.15, -0.1) is 0 Å². The van der Waals surface area contributed by atoms with E-state index in [0.717, 1.165) is 19.4 Å². The molecule has 0 radical (unpaired) electrons. The Balaban J connectivity index is 3.37. The first-order valence-corrected chi connectivity index (χ1v) is 5.73. The van der Waals surface area contributed by atoms with Crippen LogP contribution in [0.25, 0.3) is 0 Å². The molecule has 15 heavy (non-hydrogen) atoms. The molecular formula is C11H24N2O2. The minimum absolute atomic E-state index is 0.0884. The van der Waals surface area contributed by atoms with E-state index in [-0.39, 0.29) is 5.91 Å². The summed E-state index contributed by atoms with van der Waals surface area (Å²) in [5.74, 6) is 0.0884. The zero-order valence-corrected chi connectivity index (χ0v) is 10.1. The maximum atomic E-state index is 11.3. The monoisotopic (exact) mass is 216 g/mol. The Kier molecular flexibility index (Phi) is 9.52. The van der Waals surface area contributed by atoms with Crippen LogP contribution in [0.5, 0.6) is 0 Å². The molecule has 0 aliphatic carbocycles. The molecule has 4 nitrogen and oxygen atoms in total. The molecule has 0 aliphatic heterocycles. The number of methoxy groups -OCH3 is 1. The number of rotatable bonds is 9. The van der Waals surface area contributed by atoms with Gasteiger partial charge in [0.25, 0.3) is 0 Å². The van der Waals surface area contributed by atoms with Crippen LogP contribution in [0.4, 0.5) is 0 Å². The Bertz CT molecular complexity index is 159. The molecule has 90 valence electrons. The van der Waals surface area contributed by atoms with Gasteiger partial charge in [0.1, 0.15) is 0 Å². The lowest BCUT2D eigenvalue weighted by atomic mass is 10.2. The molecule has 0 unspecified atom stereocenters.